The van der Waals surface area contributed by atoms with Crippen LogP contribution in [0.2, 0.25) is 5.02 Å². The van der Waals surface area contributed by atoms with E-state index in [9.17, 15) is 14.7 Å². The summed E-state index contributed by atoms with van der Waals surface area (Å²) in [6.45, 7) is 5.28. The van der Waals surface area contributed by atoms with Gasteiger partial charge < -0.3 is 28.8 Å². The normalized spacial score (nSPS) is 16.0. The second kappa shape index (κ2) is 13.0. The quantitative estimate of drug-likeness (QED) is 0.260. The van der Waals surface area contributed by atoms with Crippen molar-refractivity contribution in [1.29, 1.82) is 0 Å². The largest absolute Gasteiger partial charge is 0.491 e. The van der Waals surface area contributed by atoms with Crippen LogP contribution in [-0.2, 0) is 16.1 Å². The Morgan fingerprint density at radius 1 is 1.05 bits per heavy atom. The molecule has 10 heteroatoms. The topological polar surface area (TPSA) is 104 Å². The van der Waals surface area contributed by atoms with Crippen molar-refractivity contribution in [3.63, 3.8) is 0 Å². The predicted molar refractivity (Wildman–Crippen MR) is 157 cm³/mol. The molecule has 0 radical (unpaired) electrons. The van der Waals surface area contributed by atoms with Crippen LogP contribution in [0.25, 0.3) is 11.1 Å². The third-order valence-electron chi connectivity index (χ3n) is 7.79. The lowest BCUT2D eigenvalue weighted by Gasteiger charge is -2.35. The van der Waals surface area contributed by atoms with Gasteiger partial charge in [-0.15, -0.1) is 0 Å². The van der Waals surface area contributed by atoms with Crippen LogP contribution in [0, 0.1) is 6.92 Å². The van der Waals surface area contributed by atoms with Crippen molar-refractivity contribution in [1.82, 2.24) is 4.90 Å². The van der Waals surface area contributed by atoms with Crippen molar-refractivity contribution in [2.75, 3.05) is 46.6 Å². The first kappa shape index (κ1) is 29.7. The molecule has 222 valence electrons. The van der Waals surface area contributed by atoms with Crippen LogP contribution in [0.4, 0.5) is 0 Å². The third kappa shape index (κ3) is 6.48. The molecule has 0 unspecified atom stereocenters. The zero-order valence-corrected chi connectivity index (χ0v) is 24.4. The first-order chi connectivity index (χ1) is 20.3. The lowest BCUT2D eigenvalue weighted by molar-refractivity contribution is -0.167. The smallest absolute Gasteiger partial charge is 0.337 e. The molecule has 2 aliphatic heterocycles. The molecule has 1 fully saturated rings. The number of carbonyl (C=O) groups excluding carboxylic acids is 2. The number of fused-ring (bicyclic) bond motifs is 1. The van der Waals surface area contributed by atoms with Gasteiger partial charge in [-0.1, -0.05) is 35.9 Å². The minimum absolute atomic E-state index is 0.265. The van der Waals surface area contributed by atoms with Crippen molar-refractivity contribution in [2.45, 2.75) is 32.0 Å². The number of likely N-dealkylation sites (tertiary alicyclic amines) is 1. The number of aldehydes is 1. The maximum atomic E-state index is 11.8. The second-order valence-electron chi connectivity index (χ2n) is 10.4. The summed E-state index contributed by atoms with van der Waals surface area (Å²) in [6, 6.07) is 15.1. The van der Waals surface area contributed by atoms with E-state index in [1.165, 1.54) is 13.2 Å². The van der Waals surface area contributed by atoms with Crippen molar-refractivity contribution in [2.24, 2.45) is 0 Å². The molecular weight excluding hydrogens is 562 g/mol. The van der Waals surface area contributed by atoms with Gasteiger partial charge in [-0.05, 0) is 60.2 Å². The molecule has 0 aliphatic carbocycles. The highest BCUT2D eigenvalue weighted by Crippen LogP contribution is 2.37. The fourth-order valence-electron chi connectivity index (χ4n) is 5.22. The summed E-state index contributed by atoms with van der Waals surface area (Å²) in [5.74, 6) is 1.65. The number of piperidine rings is 1. The molecule has 1 N–H and O–H groups in total. The number of ether oxygens (including phenoxy) is 5. The fraction of sp³-hybridized carbons (Fsp3) is 0.375. The van der Waals surface area contributed by atoms with Gasteiger partial charge in [-0.2, -0.15) is 0 Å². The Hall–Kier alpha value is -3.79. The molecule has 3 aromatic rings. The highest BCUT2D eigenvalue weighted by atomic mass is 35.5. The Kier molecular flexibility index (Phi) is 9.21. The van der Waals surface area contributed by atoms with Gasteiger partial charge in [0.25, 0.3) is 0 Å². The van der Waals surface area contributed by atoms with Crippen molar-refractivity contribution < 1.29 is 38.4 Å². The summed E-state index contributed by atoms with van der Waals surface area (Å²) >= 11 is 6.47. The van der Waals surface area contributed by atoms with Crippen LogP contribution in [0.5, 0.6) is 23.0 Å². The number of hydrogen-bond donors (Lipinski definition) is 1. The molecular formula is C32H34ClNO8. The summed E-state index contributed by atoms with van der Waals surface area (Å²) in [7, 11) is 1.27. The molecule has 0 spiro atoms. The molecule has 2 aliphatic rings. The van der Waals surface area contributed by atoms with Crippen molar-refractivity contribution in [3.8, 4) is 34.1 Å². The zero-order valence-electron chi connectivity index (χ0n) is 23.7. The number of nitrogens with zero attached hydrogens (tertiary/aromatic N) is 1. The van der Waals surface area contributed by atoms with E-state index in [-0.39, 0.29) is 19.4 Å². The monoisotopic (exact) mass is 595 g/mol. The van der Waals surface area contributed by atoms with E-state index in [1.54, 1.807) is 6.07 Å². The summed E-state index contributed by atoms with van der Waals surface area (Å²) in [5.41, 5.74) is 3.00. The van der Waals surface area contributed by atoms with Crippen molar-refractivity contribution >= 4 is 23.9 Å². The first-order valence-corrected chi connectivity index (χ1v) is 14.2. The van der Waals surface area contributed by atoms with Crippen molar-refractivity contribution in [3.05, 3.63) is 70.2 Å². The van der Waals surface area contributed by atoms with E-state index in [0.29, 0.717) is 67.8 Å². The number of aliphatic hydroxyl groups is 1. The minimum atomic E-state index is -1.44. The number of esters is 1. The van der Waals surface area contributed by atoms with Crippen LogP contribution >= 0.6 is 11.6 Å². The maximum Gasteiger partial charge on any atom is 0.337 e. The first-order valence-electron chi connectivity index (χ1n) is 13.9. The molecule has 0 aromatic heterocycles. The van der Waals surface area contributed by atoms with Gasteiger partial charge in [0.05, 0.1) is 17.7 Å². The van der Waals surface area contributed by atoms with E-state index in [0.717, 1.165) is 33.8 Å². The summed E-state index contributed by atoms with van der Waals surface area (Å²) in [6.07, 6.45) is 1.27. The minimum Gasteiger partial charge on any atom is -0.491 e. The second-order valence-corrected chi connectivity index (χ2v) is 10.8. The number of rotatable bonds is 10. The van der Waals surface area contributed by atoms with Gasteiger partial charge in [-0.25, -0.2) is 4.79 Å². The molecule has 0 amide bonds. The van der Waals surface area contributed by atoms with Crippen LogP contribution in [0.15, 0.2) is 48.5 Å². The van der Waals surface area contributed by atoms with Crippen LogP contribution < -0.4 is 18.9 Å². The zero-order chi connectivity index (χ0) is 29.7. The van der Waals surface area contributed by atoms with Gasteiger partial charge in [0.2, 0.25) is 0 Å². The summed E-state index contributed by atoms with van der Waals surface area (Å²) in [5, 5.41) is 10.8. The molecule has 0 saturated carbocycles. The average Bonchev–Trinajstić information content (AvgIpc) is 3.01. The summed E-state index contributed by atoms with van der Waals surface area (Å²) in [4.78, 5) is 25.6. The third-order valence-corrected chi connectivity index (χ3v) is 8.08. The Morgan fingerprint density at radius 3 is 2.55 bits per heavy atom. The molecule has 3 aromatic carbocycles. The Bertz CT molecular complexity index is 1450. The SMILES string of the molecule is COC(=O)C1(O)CCN(CCOc2cc(OCc3cccc(-c4ccc5c(c4)OCCO5)c3C)c(Cl)cc2C=O)CC1. The van der Waals surface area contributed by atoms with E-state index in [4.69, 9.17) is 35.3 Å². The molecule has 0 bridgehead atoms. The predicted octanol–water partition coefficient (Wildman–Crippen LogP) is 4.86. The van der Waals surface area contributed by atoms with Crippen LogP contribution in [-0.4, -0.2) is 74.4 Å². The average molecular weight is 596 g/mol. The number of benzene rings is 3. The Balaban J connectivity index is 1.23. The summed E-state index contributed by atoms with van der Waals surface area (Å²) < 4.78 is 28.2. The number of hydrogen-bond acceptors (Lipinski definition) is 9. The van der Waals surface area contributed by atoms with E-state index < -0.39 is 11.6 Å². The van der Waals surface area contributed by atoms with Crippen LogP contribution in [0.3, 0.4) is 0 Å². The number of methoxy groups -OCH3 is 1. The standard InChI is InChI=1S/C32H34ClNO8/c1-21-23(4-3-5-25(21)22-6-7-27-30(17-22)41-15-14-40-27)20-42-29-18-28(24(19-35)16-26(29)33)39-13-12-34-10-8-32(37,9-11-34)31(36)38-2/h3-7,16-19,37H,8-15,20H2,1-2H3. The van der Waals surface area contributed by atoms with Gasteiger partial charge in [0.15, 0.2) is 23.4 Å². The molecule has 2 heterocycles. The number of carbonyl (C=O) groups is 2. The molecule has 5 rings (SSSR count). The Labute approximate surface area is 249 Å². The fourth-order valence-corrected chi connectivity index (χ4v) is 5.45. The molecule has 0 atom stereocenters. The van der Waals surface area contributed by atoms with Crippen LogP contribution in [0.1, 0.15) is 34.3 Å². The highest BCUT2D eigenvalue weighted by Gasteiger charge is 2.40. The van der Waals surface area contributed by atoms with Gasteiger partial charge in [-0.3, -0.25) is 9.69 Å². The van der Waals surface area contributed by atoms with Gasteiger partial charge in [0, 0.05) is 25.7 Å². The lowest BCUT2D eigenvalue weighted by atomic mass is 9.91. The highest BCUT2D eigenvalue weighted by molar-refractivity contribution is 6.32. The van der Waals surface area contributed by atoms with Gasteiger partial charge >= 0.3 is 5.97 Å². The van der Waals surface area contributed by atoms with E-state index >= 15 is 0 Å². The molecule has 1 saturated heterocycles. The molecule has 42 heavy (non-hydrogen) atoms. The van der Waals surface area contributed by atoms with E-state index in [2.05, 4.69) is 11.0 Å². The molecule has 9 nitrogen and oxygen atoms in total. The maximum absolute atomic E-state index is 11.8. The number of halogens is 1. The van der Waals surface area contributed by atoms with E-state index in [1.807, 2.05) is 37.3 Å². The van der Waals surface area contributed by atoms with Gasteiger partial charge in [0.1, 0.15) is 37.9 Å². The lowest BCUT2D eigenvalue weighted by Crippen LogP contribution is -2.50. The Morgan fingerprint density at radius 2 is 1.81 bits per heavy atom.